The molecule has 4 heteroatoms. The van der Waals surface area contributed by atoms with E-state index in [1.807, 2.05) is 0 Å². The average Bonchev–Trinajstić information content (AvgIpc) is 1.99. The first kappa shape index (κ1) is 9.81. The van der Waals surface area contributed by atoms with Crippen molar-refractivity contribution >= 4 is 17.5 Å². The minimum absolute atomic E-state index is 0.0671. The topological polar surface area (TPSA) is 66.7 Å². The van der Waals surface area contributed by atoms with Crippen LogP contribution in [0.5, 0.6) is 0 Å². The van der Waals surface area contributed by atoms with E-state index in [4.69, 9.17) is 5.11 Å². The molecular weight excluding hydrogens is 146 g/mol. The number of nitrogens with zero attached hydrogens (tertiary/aromatic N) is 1. The summed E-state index contributed by atoms with van der Waals surface area (Å²) in [6, 6.07) is 0. The quantitative estimate of drug-likeness (QED) is 0.604. The molecule has 11 heavy (non-hydrogen) atoms. The molecule has 0 heterocycles. The fourth-order valence-corrected chi connectivity index (χ4v) is 0.562. The minimum Gasteiger partial charge on any atom is -0.477 e. The van der Waals surface area contributed by atoms with Gasteiger partial charge in [-0.3, -0.25) is 9.79 Å². The molecule has 0 fully saturated rings. The number of aliphatic carboxylic acids is 1. The van der Waals surface area contributed by atoms with Crippen molar-refractivity contribution < 1.29 is 14.7 Å². The van der Waals surface area contributed by atoms with Crippen LogP contribution >= 0.6 is 0 Å². The lowest BCUT2D eigenvalue weighted by molar-refractivity contribution is -0.130. The zero-order valence-electron chi connectivity index (χ0n) is 6.63. The third kappa shape index (κ3) is 3.50. The molecule has 0 aromatic heterocycles. The van der Waals surface area contributed by atoms with Gasteiger partial charge < -0.3 is 5.11 Å². The zero-order valence-corrected chi connectivity index (χ0v) is 6.63. The Morgan fingerprint density at radius 3 is 2.27 bits per heavy atom. The Morgan fingerprint density at radius 1 is 1.45 bits per heavy atom. The average molecular weight is 157 g/mol. The van der Waals surface area contributed by atoms with Gasteiger partial charge in [0.25, 0.3) is 0 Å². The van der Waals surface area contributed by atoms with E-state index in [0.717, 1.165) is 0 Å². The fourth-order valence-electron chi connectivity index (χ4n) is 0.562. The SMILES string of the molecule is CCC(=O)CC(=NC)C(=O)O. The molecule has 0 saturated carbocycles. The minimum atomic E-state index is -1.12. The Labute approximate surface area is 64.9 Å². The maximum atomic E-state index is 10.7. The Bertz CT molecular complexity index is 196. The molecule has 0 spiro atoms. The van der Waals surface area contributed by atoms with Gasteiger partial charge in [0.05, 0.1) is 6.42 Å². The second kappa shape index (κ2) is 4.60. The lowest BCUT2D eigenvalue weighted by atomic mass is 10.1. The van der Waals surface area contributed by atoms with Crippen LogP contribution in [0.25, 0.3) is 0 Å². The molecule has 4 nitrogen and oxygen atoms in total. The third-order valence-electron chi connectivity index (χ3n) is 1.28. The monoisotopic (exact) mass is 157 g/mol. The van der Waals surface area contributed by atoms with Crippen molar-refractivity contribution in [3.8, 4) is 0 Å². The van der Waals surface area contributed by atoms with Crippen molar-refractivity contribution in [1.82, 2.24) is 0 Å². The van der Waals surface area contributed by atoms with Gasteiger partial charge in [0.2, 0.25) is 0 Å². The molecule has 0 radical (unpaired) electrons. The number of Topliss-reactive ketones (excluding diaryl/α,β-unsaturated/α-hetero) is 1. The van der Waals surface area contributed by atoms with Crippen molar-refractivity contribution in [3.63, 3.8) is 0 Å². The van der Waals surface area contributed by atoms with Crippen molar-refractivity contribution in [1.29, 1.82) is 0 Å². The summed E-state index contributed by atoms with van der Waals surface area (Å²) >= 11 is 0. The largest absolute Gasteiger partial charge is 0.477 e. The summed E-state index contributed by atoms with van der Waals surface area (Å²) in [7, 11) is 1.37. The lowest BCUT2D eigenvalue weighted by Gasteiger charge is -1.96. The first-order valence-corrected chi connectivity index (χ1v) is 3.32. The normalized spacial score (nSPS) is 11.3. The Hall–Kier alpha value is -1.19. The second-order valence-electron chi connectivity index (χ2n) is 2.04. The lowest BCUT2D eigenvalue weighted by Crippen LogP contribution is -2.16. The van der Waals surface area contributed by atoms with E-state index < -0.39 is 5.97 Å². The van der Waals surface area contributed by atoms with Crippen LogP contribution in [0.1, 0.15) is 19.8 Å². The number of carbonyl (C=O) groups excluding carboxylic acids is 1. The van der Waals surface area contributed by atoms with E-state index in [9.17, 15) is 9.59 Å². The maximum Gasteiger partial charge on any atom is 0.350 e. The van der Waals surface area contributed by atoms with E-state index >= 15 is 0 Å². The molecule has 0 aliphatic heterocycles. The summed E-state index contributed by atoms with van der Waals surface area (Å²) in [5.41, 5.74) is -0.0724. The smallest absolute Gasteiger partial charge is 0.350 e. The van der Waals surface area contributed by atoms with Crippen LogP contribution in [0, 0.1) is 0 Å². The van der Waals surface area contributed by atoms with Crippen LogP contribution in [0.15, 0.2) is 4.99 Å². The van der Waals surface area contributed by atoms with Gasteiger partial charge in [-0.1, -0.05) is 6.92 Å². The van der Waals surface area contributed by atoms with Gasteiger partial charge in [0, 0.05) is 13.5 Å². The number of ketones is 1. The van der Waals surface area contributed by atoms with Gasteiger partial charge in [0.1, 0.15) is 11.5 Å². The molecule has 1 N–H and O–H groups in total. The molecule has 0 bridgehead atoms. The van der Waals surface area contributed by atoms with Crippen LogP contribution < -0.4 is 0 Å². The van der Waals surface area contributed by atoms with Crippen LogP contribution in [0.2, 0.25) is 0 Å². The number of carboxylic acids is 1. The van der Waals surface area contributed by atoms with Gasteiger partial charge in [-0.2, -0.15) is 0 Å². The van der Waals surface area contributed by atoms with Crippen molar-refractivity contribution in [2.75, 3.05) is 7.05 Å². The van der Waals surface area contributed by atoms with E-state index in [-0.39, 0.29) is 17.9 Å². The number of hydrogen-bond acceptors (Lipinski definition) is 3. The molecule has 0 aliphatic rings. The van der Waals surface area contributed by atoms with Crippen molar-refractivity contribution in [2.45, 2.75) is 19.8 Å². The molecule has 0 unspecified atom stereocenters. The van der Waals surface area contributed by atoms with Gasteiger partial charge in [0.15, 0.2) is 0 Å². The van der Waals surface area contributed by atoms with Crippen LogP contribution in [-0.4, -0.2) is 29.6 Å². The first-order chi connectivity index (χ1) is 5.11. The molecule has 0 rings (SSSR count). The highest BCUT2D eigenvalue weighted by atomic mass is 16.4. The van der Waals surface area contributed by atoms with Crippen LogP contribution in [0.3, 0.4) is 0 Å². The number of rotatable bonds is 4. The van der Waals surface area contributed by atoms with Crippen molar-refractivity contribution in [2.24, 2.45) is 4.99 Å². The summed E-state index contributed by atoms with van der Waals surface area (Å²) in [4.78, 5) is 24.5. The highest BCUT2D eigenvalue weighted by molar-refractivity contribution is 6.38. The third-order valence-corrected chi connectivity index (χ3v) is 1.28. The standard InChI is InChI=1S/C7H11NO3/c1-3-5(9)4-6(8-2)7(10)11/h3-4H2,1-2H3,(H,10,11). The summed E-state index contributed by atoms with van der Waals surface area (Å²) in [5, 5.41) is 8.43. The maximum absolute atomic E-state index is 10.7. The number of carbonyl (C=O) groups is 2. The van der Waals surface area contributed by atoms with Gasteiger partial charge in [-0.25, -0.2) is 4.79 Å². The molecule has 0 saturated heterocycles. The number of carboxylic acid groups (broad SMARTS) is 1. The van der Waals surface area contributed by atoms with Gasteiger partial charge >= 0.3 is 5.97 Å². The summed E-state index contributed by atoms with van der Waals surface area (Å²) < 4.78 is 0. The van der Waals surface area contributed by atoms with Crippen LogP contribution in [0.4, 0.5) is 0 Å². The second-order valence-corrected chi connectivity index (χ2v) is 2.04. The molecule has 0 amide bonds. The Kier molecular flexibility index (Phi) is 4.10. The van der Waals surface area contributed by atoms with Crippen molar-refractivity contribution in [3.05, 3.63) is 0 Å². The highest BCUT2D eigenvalue weighted by Crippen LogP contribution is 1.92. The molecule has 0 aromatic rings. The number of hydrogen-bond donors (Lipinski definition) is 1. The van der Waals surface area contributed by atoms with Gasteiger partial charge in [-0.15, -0.1) is 0 Å². The summed E-state index contributed by atoms with van der Waals surface area (Å²) in [6.45, 7) is 1.69. The zero-order chi connectivity index (χ0) is 8.85. The fraction of sp³-hybridized carbons (Fsp3) is 0.571. The molecule has 0 atom stereocenters. The van der Waals surface area contributed by atoms with E-state index in [2.05, 4.69) is 4.99 Å². The van der Waals surface area contributed by atoms with Gasteiger partial charge in [-0.05, 0) is 0 Å². The number of aliphatic imine (C=N–C) groups is 1. The summed E-state index contributed by atoms with van der Waals surface area (Å²) in [6.07, 6.45) is 0.286. The molecule has 0 aliphatic carbocycles. The molecule has 62 valence electrons. The first-order valence-electron chi connectivity index (χ1n) is 3.32. The van der Waals surface area contributed by atoms with Crippen LogP contribution in [-0.2, 0) is 9.59 Å². The predicted molar refractivity (Wildman–Crippen MR) is 40.9 cm³/mol. The van der Waals surface area contributed by atoms with E-state index in [1.54, 1.807) is 6.92 Å². The Morgan fingerprint density at radius 2 is 2.00 bits per heavy atom. The molecular formula is C7H11NO3. The Balaban J connectivity index is 4.12. The predicted octanol–water partition coefficient (Wildman–Crippen LogP) is 0.511. The summed E-state index contributed by atoms with van der Waals surface area (Å²) in [5.74, 6) is -1.22. The van der Waals surface area contributed by atoms with E-state index in [1.165, 1.54) is 7.05 Å². The highest BCUT2D eigenvalue weighted by Gasteiger charge is 2.11. The molecule has 0 aromatic carbocycles. The van der Waals surface area contributed by atoms with E-state index in [0.29, 0.717) is 6.42 Å².